The Morgan fingerprint density at radius 1 is 1.17 bits per heavy atom. The molecule has 0 bridgehead atoms. The van der Waals surface area contributed by atoms with Crippen molar-refractivity contribution in [1.82, 2.24) is 9.88 Å². The van der Waals surface area contributed by atoms with Crippen LogP contribution < -0.4 is 4.90 Å². The van der Waals surface area contributed by atoms with Crippen LogP contribution in [0, 0.1) is 6.92 Å². The molecular formula is C20H25N3. The number of piperidine rings is 1. The maximum atomic E-state index is 4.56. The Morgan fingerprint density at radius 2 is 1.96 bits per heavy atom. The lowest BCUT2D eigenvalue weighted by atomic mass is 9.74. The van der Waals surface area contributed by atoms with E-state index in [9.17, 15) is 0 Å². The highest BCUT2D eigenvalue weighted by Gasteiger charge is 2.52. The molecule has 2 aliphatic heterocycles. The zero-order valence-corrected chi connectivity index (χ0v) is 14.3. The van der Waals surface area contributed by atoms with Crippen LogP contribution in [0.4, 0.5) is 11.4 Å². The smallest absolute Gasteiger partial charge is 0.0632 e. The minimum absolute atomic E-state index is 0.185. The van der Waals surface area contributed by atoms with Crippen LogP contribution in [0.25, 0.3) is 0 Å². The molecule has 2 unspecified atom stereocenters. The van der Waals surface area contributed by atoms with E-state index < -0.39 is 0 Å². The van der Waals surface area contributed by atoms with Crippen molar-refractivity contribution in [2.75, 3.05) is 25.0 Å². The van der Waals surface area contributed by atoms with Crippen LogP contribution in [-0.2, 0) is 0 Å². The third-order valence-corrected chi connectivity index (χ3v) is 5.90. The molecule has 0 amide bonds. The summed E-state index contributed by atoms with van der Waals surface area (Å²) in [7, 11) is 2.25. The Labute approximate surface area is 139 Å². The van der Waals surface area contributed by atoms with Crippen molar-refractivity contribution < 1.29 is 0 Å². The van der Waals surface area contributed by atoms with Gasteiger partial charge in [0, 0.05) is 30.9 Å². The number of likely N-dealkylation sites (tertiary alicyclic amines) is 1. The van der Waals surface area contributed by atoms with Crippen LogP contribution in [0.2, 0.25) is 0 Å². The van der Waals surface area contributed by atoms with Gasteiger partial charge in [-0.3, -0.25) is 4.98 Å². The first-order valence-corrected chi connectivity index (χ1v) is 8.66. The van der Waals surface area contributed by atoms with Crippen molar-refractivity contribution in [2.24, 2.45) is 0 Å². The largest absolute Gasteiger partial charge is 0.333 e. The molecule has 0 radical (unpaired) electrons. The predicted octanol–water partition coefficient (Wildman–Crippen LogP) is 4.11. The summed E-state index contributed by atoms with van der Waals surface area (Å²) in [6, 6.07) is 13.3. The summed E-state index contributed by atoms with van der Waals surface area (Å²) in [5.74, 6) is 0.571. The summed E-state index contributed by atoms with van der Waals surface area (Å²) in [5, 5.41) is 0. The summed E-state index contributed by atoms with van der Waals surface area (Å²) >= 11 is 0. The molecule has 2 aromatic rings. The van der Waals surface area contributed by atoms with E-state index in [-0.39, 0.29) is 5.54 Å². The lowest BCUT2D eigenvalue weighted by Crippen LogP contribution is -2.54. The molecule has 1 aromatic heterocycles. The van der Waals surface area contributed by atoms with Gasteiger partial charge in [-0.15, -0.1) is 0 Å². The SMILES string of the molecule is CCC12CCN(C)CC1c1ccccc1N2c1cccnc1C. The van der Waals surface area contributed by atoms with Crippen LogP contribution in [0.3, 0.4) is 0 Å². The number of pyridine rings is 1. The first-order chi connectivity index (χ1) is 11.2. The average molecular weight is 307 g/mol. The summed E-state index contributed by atoms with van der Waals surface area (Å²) in [5.41, 5.74) is 5.46. The second kappa shape index (κ2) is 5.34. The molecule has 1 aromatic carbocycles. The van der Waals surface area contributed by atoms with Gasteiger partial charge in [0.25, 0.3) is 0 Å². The van der Waals surface area contributed by atoms with Crippen LogP contribution >= 0.6 is 0 Å². The first-order valence-electron chi connectivity index (χ1n) is 8.66. The molecule has 1 fully saturated rings. The minimum Gasteiger partial charge on any atom is -0.333 e. The Balaban J connectivity index is 1.94. The Bertz CT molecular complexity index is 726. The van der Waals surface area contributed by atoms with E-state index in [1.165, 1.54) is 23.4 Å². The van der Waals surface area contributed by atoms with Gasteiger partial charge in [-0.2, -0.15) is 0 Å². The molecule has 1 saturated heterocycles. The van der Waals surface area contributed by atoms with Crippen LogP contribution in [0.1, 0.15) is 36.9 Å². The molecule has 2 atom stereocenters. The van der Waals surface area contributed by atoms with E-state index in [1.807, 2.05) is 6.20 Å². The third-order valence-electron chi connectivity index (χ3n) is 5.90. The first kappa shape index (κ1) is 14.7. The molecule has 4 rings (SSSR count). The van der Waals surface area contributed by atoms with Gasteiger partial charge in [0.05, 0.1) is 16.9 Å². The number of fused-ring (bicyclic) bond motifs is 3. The Hall–Kier alpha value is -1.87. The van der Waals surface area contributed by atoms with Crippen molar-refractivity contribution in [3.05, 3.63) is 53.9 Å². The summed E-state index contributed by atoms with van der Waals surface area (Å²) < 4.78 is 0. The number of para-hydroxylation sites is 1. The van der Waals surface area contributed by atoms with Gasteiger partial charge in [-0.25, -0.2) is 0 Å². The topological polar surface area (TPSA) is 19.4 Å². The van der Waals surface area contributed by atoms with Crippen LogP contribution in [-0.4, -0.2) is 35.6 Å². The van der Waals surface area contributed by atoms with Gasteiger partial charge < -0.3 is 9.80 Å². The number of aryl methyl sites for hydroxylation is 1. The normalized spacial score (nSPS) is 26.9. The number of rotatable bonds is 2. The van der Waals surface area contributed by atoms with Crippen molar-refractivity contribution >= 4 is 11.4 Å². The highest BCUT2D eigenvalue weighted by molar-refractivity contribution is 5.76. The van der Waals surface area contributed by atoms with Gasteiger partial charge in [-0.1, -0.05) is 25.1 Å². The number of likely N-dealkylation sites (N-methyl/N-ethyl adjacent to an activating group) is 1. The standard InChI is InChI=1S/C20H25N3/c1-4-20-11-13-22(3)14-17(20)16-8-5-6-9-19(16)23(20)18-10-7-12-21-15(18)2/h5-10,12,17H,4,11,13-14H2,1-3H3. The van der Waals surface area contributed by atoms with Crippen molar-refractivity contribution in [3.8, 4) is 0 Å². The van der Waals surface area contributed by atoms with E-state index in [2.05, 4.69) is 72.1 Å². The predicted molar refractivity (Wildman–Crippen MR) is 95.4 cm³/mol. The van der Waals surface area contributed by atoms with Crippen molar-refractivity contribution in [2.45, 2.75) is 38.1 Å². The van der Waals surface area contributed by atoms with Gasteiger partial charge in [-0.05, 0) is 50.6 Å². The minimum atomic E-state index is 0.185. The molecular weight excluding hydrogens is 282 g/mol. The third kappa shape index (κ3) is 2.03. The maximum Gasteiger partial charge on any atom is 0.0632 e. The lowest BCUT2D eigenvalue weighted by Gasteiger charge is -2.48. The molecule has 3 heterocycles. The number of aromatic nitrogens is 1. The summed E-state index contributed by atoms with van der Waals surface area (Å²) in [6.45, 7) is 6.78. The van der Waals surface area contributed by atoms with Gasteiger partial charge >= 0.3 is 0 Å². The molecule has 3 heteroatoms. The Kier molecular flexibility index (Phi) is 3.42. The fraction of sp³-hybridized carbons (Fsp3) is 0.450. The summed E-state index contributed by atoms with van der Waals surface area (Å²) in [4.78, 5) is 9.66. The van der Waals surface area contributed by atoms with Crippen molar-refractivity contribution in [3.63, 3.8) is 0 Å². The van der Waals surface area contributed by atoms with E-state index in [4.69, 9.17) is 0 Å². The second-order valence-electron chi connectivity index (χ2n) is 7.02. The van der Waals surface area contributed by atoms with Crippen molar-refractivity contribution in [1.29, 1.82) is 0 Å². The summed E-state index contributed by atoms with van der Waals surface area (Å²) in [6.07, 6.45) is 4.26. The fourth-order valence-corrected chi connectivity index (χ4v) is 4.68. The quantitative estimate of drug-likeness (QED) is 0.832. The monoisotopic (exact) mass is 307 g/mol. The molecule has 23 heavy (non-hydrogen) atoms. The molecule has 0 N–H and O–H groups in total. The zero-order chi connectivity index (χ0) is 16.0. The molecule has 120 valence electrons. The van der Waals surface area contributed by atoms with E-state index >= 15 is 0 Å². The molecule has 0 aliphatic carbocycles. The number of anilines is 2. The van der Waals surface area contributed by atoms with Gasteiger partial charge in [0.2, 0.25) is 0 Å². The average Bonchev–Trinajstić information content (AvgIpc) is 2.86. The number of nitrogens with zero attached hydrogens (tertiary/aromatic N) is 3. The molecule has 2 aliphatic rings. The Morgan fingerprint density at radius 3 is 2.74 bits per heavy atom. The second-order valence-corrected chi connectivity index (χ2v) is 7.02. The highest BCUT2D eigenvalue weighted by atomic mass is 15.3. The van der Waals surface area contributed by atoms with E-state index in [1.54, 1.807) is 0 Å². The highest BCUT2D eigenvalue weighted by Crippen LogP contribution is 2.56. The maximum absolute atomic E-state index is 4.56. The number of benzene rings is 1. The lowest BCUT2D eigenvalue weighted by molar-refractivity contribution is 0.166. The van der Waals surface area contributed by atoms with E-state index in [0.29, 0.717) is 5.92 Å². The van der Waals surface area contributed by atoms with Gasteiger partial charge in [0.15, 0.2) is 0 Å². The van der Waals surface area contributed by atoms with E-state index in [0.717, 1.165) is 25.2 Å². The van der Waals surface area contributed by atoms with Gasteiger partial charge in [0.1, 0.15) is 0 Å². The molecule has 0 saturated carbocycles. The van der Waals surface area contributed by atoms with Crippen LogP contribution in [0.15, 0.2) is 42.6 Å². The number of hydrogen-bond donors (Lipinski definition) is 0. The van der Waals surface area contributed by atoms with Crippen LogP contribution in [0.5, 0.6) is 0 Å². The molecule has 3 nitrogen and oxygen atoms in total. The number of hydrogen-bond acceptors (Lipinski definition) is 3. The molecule has 0 spiro atoms. The fourth-order valence-electron chi connectivity index (χ4n) is 4.68. The zero-order valence-electron chi connectivity index (χ0n) is 14.3.